The number of benzene rings is 1. The number of nitrogens with two attached hydrogens (primary N) is 1. The third-order valence-corrected chi connectivity index (χ3v) is 3.91. The number of fused-ring (bicyclic) bond motifs is 1. The number of ether oxygens (including phenoxy) is 1. The number of hydrogen-bond donors (Lipinski definition) is 2. The maximum atomic E-state index is 13.6. The summed E-state index contributed by atoms with van der Waals surface area (Å²) in [5, 5.41) is 2.91. The number of likely N-dealkylation sites (N-methyl/N-ethyl adjacent to an activating group) is 1. The van der Waals surface area contributed by atoms with E-state index in [2.05, 4.69) is 5.32 Å². The van der Waals surface area contributed by atoms with Gasteiger partial charge in [-0.3, -0.25) is 4.79 Å². The van der Waals surface area contributed by atoms with E-state index in [1.807, 2.05) is 0 Å². The lowest BCUT2D eigenvalue weighted by atomic mass is 10.0. The van der Waals surface area contributed by atoms with Crippen LogP contribution in [-0.2, 0) is 0 Å². The van der Waals surface area contributed by atoms with E-state index in [1.54, 1.807) is 7.05 Å². The number of nitrogen functional groups attached to an aromatic ring is 1. The van der Waals surface area contributed by atoms with Crippen molar-refractivity contribution >= 4 is 23.2 Å². The van der Waals surface area contributed by atoms with Crippen molar-refractivity contribution in [3.05, 3.63) is 17.4 Å². The zero-order chi connectivity index (χ0) is 12.6. The van der Waals surface area contributed by atoms with Crippen LogP contribution in [0.2, 0.25) is 0 Å². The second-order valence-corrected chi connectivity index (χ2v) is 4.73. The third-order valence-electron chi connectivity index (χ3n) is 2.73. The molecule has 92 valence electrons. The summed E-state index contributed by atoms with van der Waals surface area (Å²) in [6.07, 6.45) is 0. The number of rotatable bonds is 2. The molecule has 0 saturated heterocycles. The number of methoxy groups -OCH3 is 1. The summed E-state index contributed by atoms with van der Waals surface area (Å²) in [5.41, 5.74) is 6.24. The highest BCUT2D eigenvalue weighted by atomic mass is 32.2. The number of nitrogens with one attached hydrogen (secondary N) is 1. The normalized spacial score (nSPS) is 19.0. The summed E-state index contributed by atoms with van der Waals surface area (Å²) in [4.78, 5) is 12.6. The first kappa shape index (κ1) is 12.2. The van der Waals surface area contributed by atoms with Crippen LogP contribution < -0.4 is 15.8 Å². The molecule has 0 aromatic heterocycles. The second-order valence-electron chi connectivity index (χ2n) is 3.70. The van der Waals surface area contributed by atoms with Gasteiger partial charge in [-0.25, -0.2) is 4.39 Å². The first-order valence-corrected chi connectivity index (χ1v) is 6.09. The summed E-state index contributed by atoms with van der Waals surface area (Å²) in [5.74, 6) is -0.00666. The van der Waals surface area contributed by atoms with Gasteiger partial charge in [-0.05, 0) is 7.05 Å². The lowest BCUT2D eigenvalue weighted by molar-refractivity contribution is 0.0952. The van der Waals surface area contributed by atoms with E-state index >= 15 is 0 Å². The topological polar surface area (TPSA) is 64.3 Å². The van der Waals surface area contributed by atoms with Crippen molar-refractivity contribution in [2.24, 2.45) is 0 Å². The first-order chi connectivity index (χ1) is 8.10. The van der Waals surface area contributed by atoms with Crippen molar-refractivity contribution in [1.29, 1.82) is 0 Å². The quantitative estimate of drug-likeness (QED) is 0.781. The fraction of sp³-hybridized carbons (Fsp3) is 0.364. The lowest BCUT2D eigenvalue weighted by Gasteiger charge is -2.25. The van der Waals surface area contributed by atoms with Gasteiger partial charge in [0.15, 0.2) is 17.3 Å². The Morgan fingerprint density at radius 3 is 2.94 bits per heavy atom. The van der Waals surface area contributed by atoms with Crippen LogP contribution in [0.25, 0.3) is 0 Å². The maximum Gasteiger partial charge on any atom is 0.183 e. The van der Waals surface area contributed by atoms with Crippen LogP contribution in [0.5, 0.6) is 5.75 Å². The Balaban J connectivity index is 2.61. The summed E-state index contributed by atoms with van der Waals surface area (Å²) in [6, 6.07) is 0.846. The Morgan fingerprint density at radius 2 is 2.35 bits per heavy atom. The van der Waals surface area contributed by atoms with E-state index in [1.165, 1.54) is 18.9 Å². The number of halogens is 1. The molecule has 0 saturated carbocycles. The van der Waals surface area contributed by atoms with Crippen LogP contribution in [0, 0.1) is 5.82 Å². The SMILES string of the molecule is CNC1CSc2c(OC)c(F)cc(N)c2C1=O. The molecule has 1 unspecified atom stereocenters. The molecule has 0 amide bonds. The molecule has 1 aromatic carbocycles. The molecule has 1 heterocycles. The second kappa shape index (κ2) is 4.54. The van der Waals surface area contributed by atoms with Crippen molar-refractivity contribution in [3.8, 4) is 5.75 Å². The molecule has 0 radical (unpaired) electrons. The van der Waals surface area contributed by atoms with E-state index in [-0.39, 0.29) is 23.3 Å². The van der Waals surface area contributed by atoms with E-state index in [4.69, 9.17) is 10.5 Å². The molecule has 0 aliphatic carbocycles. The summed E-state index contributed by atoms with van der Waals surface area (Å²) < 4.78 is 18.6. The van der Waals surface area contributed by atoms with Gasteiger partial charge in [0, 0.05) is 17.5 Å². The van der Waals surface area contributed by atoms with E-state index in [0.717, 1.165) is 6.07 Å². The Hall–Kier alpha value is -1.27. The predicted molar refractivity (Wildman–Crippen MR) is 65.3 cm³/mol. The van der Waals surface area contributed by atoms with Crippen LogP contribution in [-0.4, -0.2) is 31.7 Å². The minimum atomic E-state index is -0.535. The molecule has 6 heteroatoms. The van der Waals surface area contributed by atoms with Gasteiger partial charge in [0.2, 0.25) is 0 Å². The van der Waals surface area contributed by atoms with E-state index in [0.29, 0.717) is 16.2 Å². The Morgan fingerprint density at radius 1 is 1.65 bits per heavy atom. The van der Waals surface area contributed by atoms with Crippen molar-refractivity contribution < 1.29 is 13.9 Å². The number of carbonyl (C=O) groups is 1. The average Bonchev–Trinajstić information content (AvgIpc) is 2.29. The first-order valence-electron chi connectivity index (χ1n) is 5.10. The van der Waals surface area contributed by atoms with Crippen LogP contribution in [0.15, 0.2) is 11.0 Å². The van der Waals surface area contributed by atoms with Crippen molar-refractivity contribution in [1.82, 2.24) is 5.32 Å². The molecular formula is C11H13FN2O2S. The summed E-state index contributed by atoms with van der Waals surface area (Å²) in [6.45, 7) is 0. The molecule has 0 fully saturated rings. The van der Waals surface area contributed by atoms with Crippen molar-refractivity contribution in [2.45, 2.75) is 10.9 Å². The summed E-state index contributed by atoms with van der Waals surface area (Å²) >= 11 is 1.38. The largest absolute Gasteiger partial charge is 0.492 e. The standard InChI is InChI=1S/C11H13FN2O2S/c1-14-7-4-17-11-8(9(7)15)6(13)3-5(12)10(11)16-2/h3,7,14H,4,13H2,1-2H3. The molecule has 4 nitrogen and oxygen atoms in total. The van der Waals surface area contributed by atoms with E-state index in [9.17, 15) is 9.18 Å². The highest BCUT2D eigenvalue weighted by Crippen LogP contribution is 2.42. The van der Waals surface area contributed by atoms with Gasteiger partial charge in [-0.2, -0.15) is 0 Å². The number of carbonyl (C=O) groups excluding carboxylic acids is 1. The van der Waals surface area contributed by atoms with Gasteiger partial charge in [0.05, 0.1) is 23.6 Å². The minimum Gasteiger partial charge on any atom is -0.492 e. The minimum absolute atomic E-state index is 0.0992. The number of anilines is 1. The monoisotopic (exact) mass is 256 g/mol. The Labute approximate surface area is 103 Å². The van der Waals surface area contributed by atoms with Gasteiger partial charge in [0.1, 0.15) is 0 Å². The van der Waals surface area contributed by atoms with Crippen LogP contribution in [0.3, 0.4) is 0 Å². The Bertz CT molecular complexity index is 479. The molecule has 1 aromatic rings. The number of Topliss-reactive ketones (excluding diaryl/α,β-unsaturated/α-hetero) is 1. The van der Waals surface area contributed by atoms with Crippen LogP contribution >= 0.6 is 11.8 Å². The number of thioether (sulfide) groups is 1. The van der Waals surface area contributed by atoms with Crippen molar-refractivity contribution in [2.75, 3.05) is 25.6 Å². The molecule has 3 N–H and O–H groups in total. The van der Waals surface area contributed by atoms with Crippen LogP contribution in [0.4, 0.5) is 10.1 Å². The fourth-order valence-corrected chi connectivity index (χ4v) is 3.17. The van der Waals surface area contributed by atoms with Gasteiger partial charge in [-0.1, -0.05) is 0 Å². The molecular weight excluding hydrogens is 243 g/mol. The fourth-order valence-electron chi connectivity index (χ4n) is 1.84. The van der Waals surface area contributed by atoms with Gasteiger partial charge in [0.25, 0.3) is 0 Å². The molecule has 0 bridgehead atoms. The molecule has 0 spiro atoms. The Kier molecular flexibility index (Phi) is 3.26. The average molecular weight is 256 g/mol. The molecule has 1 atom stereocenters. The highest BCUT2D eigenvalue weighted by Gasteiger charge is 2.32. The zero-order valence-corrected chi connectivity index (χ0v) is 10.4. The van der Waals surface area contributed by atoms with Gasteiger partial charge >= 0.3 is 0 Å². The number of hydrogen-bond acceptors (Lipinski definition) is 5. The molecule has 2 rings (SSSR count). The molecule has 1 aliphatic heterocycles. The zero-order valence-electron chi connectivity index (χ0n) is 9.54. The van der Waals surface area contributed by atoms with Gasteiger partial charge < -0.3 is 15.8 Å². The third kappa shape index (κ3) is 1.87. The predicted octanol–water partition coefficient (Wildman–Crippen LogP) is 1.29. The van der Waals surface area contributed by atoms with Gasteiger partial charge in [-0.15, -0.1) is 11.8 Å². The lowest BCUT2D eigenvalue weighted by Crippen LogP contribution is -2.39. The smallest absolute Gasteiger partial charge is 0.183 e. The van der Waals surface area contributed by atoms with Crippen molar-refractivity contribution in [3.63, 3.8) is 0 Å². The molecule has 17 heavy (non-hydrogen) atoms. The number of ketones is 1. The van der Waals surface area contributed by atoms with E-state index < -0.39 is 5.82 Å². The molecule has 1 aliphatic rings. The summed E-state index contributed by atoms with van der Waals surface area (Å²) in [7, 11) is 3.09. The highest BCUT2D eigenvalue weighted by molar-refractivity contribution is 7.99. The van der Waals surface area contributed by atoms with Crippen LogP contribution in [0.1, 0.15) is 10.4 Å². The maximum absolute atomic E-state index is 13.6.